The van der Waals surface area contributed by atoms with Gasteiger partial charge in [-0.15, -0.1) is 0 Å². The molecule has 114 valence electrons. The van der Waals surface area contributed by atoms with Crippen LogP contribution in [0.5, 0.6) is 0 Å². The molecule has 0 spiro atoms. The molecule has 2 aromatic rings. The second kappa shape index (κ2) is 5.75. The van der Waals surface area contributed by atoms with Crippen molar-refractivity contribution in [3.63, 3.8) is 0 Å². The van der Waals surface area contributed by atoms with Crippen molar-refractivity contribution in [2.24, 2.45) is 5.73 Å². The highest BCUT2D eigenvalue weighted by atomic mass is 35.5. The number of hydrogen-bond acceptors (Lipinski definition) is 2. The van der Waals surface area contributed by atoms with E-state index in [0.29, 0.717) is 17.2 Å². The third kappa shape index (κ3) is 2.74. The largest absolute Gasteiger partial charge is 0.325 e. The van der Waals surface area contributed by atoms with Crippen LogP contribution in [0.25, 0.3) is 0 Å². The summed E-state index contributed by atoms with van der Waals surface area (Å²) in [7, 11) is 0. The Morgan fingerprint density at radius 3 is 2.41 bits per heavy atom. The molecule has 3 nitrogen and oxygen atoms in total. The van der Waals surface area contributed by atoms with E-state index in [1.54, 1.807) is 12.1 Å². The Labute approximate surface area is 135 Å². The minimum atomic E-state index is -0.233. The molecule has 1 amide bonds. The van der Waals surface area contributed by atoms with Crippen molar-refractivity contribution in [3.05, 3.63) is 65.7 Å². The van der Waals surface area contributed by atoms with Gasteiger partial charge in [-0.2, -0.15) is 0 Å². The summed E-state index contributed by atoms with van der Waals surface area (Å²) in [6, 6.07) is 16.8. The summed E-state index contributed by atoms with van der Waals surface area (Å²) < 4.78 is 1.15. The van der Waals surface area contributed by atoms with E-state index in [0.717, 1.165) is 17.3 Å². The number of carbonyl (C=O) groups is 1. The van der Waals surface area contributed by atoms with Gasteiger partial charge in [0.1, 0.15) is 0 Å². The third-order valence-electron chi connectivity index (χ3n) is 4.50. The molecular formula is C18H19ClN2O. The fourth-order valence-corrected chi connectivity index (χ4v) is 3.02. The van der Waals surface area contributed by atoms with Crippen molar-refractivity contribution in [2.75, 3.05) is 4.42 Å². The SMILES string of the molecule is CCC1(N)CC1c1ccc(N(Cl)C(=O)c2ccccc2)cc1. The van der Waals surface area contributed by atoms with Crippen molar-refractivity contribution in [1.82, 2.24) is 0 Å². The normalized spacial score (nSPS) is 23.1. The van der Waals surface area contributed by atoms with E-state index in [2.05, 4.69) is 6.92 Å². The van der Waals surface area contributed by atoms with E-state index in [9.17, 15) is 4.79 Å². The lowest BCUT2D eigenvalue weighted by atomic mass is 10.0. The monoisotopic (exact) mass is 314 g/mol. The van der Waals surface area contributed by atoms with Crippen molar-refractivity contribution < 1.29 is 4.79 Å². The molecule has 0 aromatic heterocycles. The number of nitrogens with zero attached hydrogens (tertiary/aromatic N) is 1. The molecule has 0 aliphatic heterocycles. The summed E-state index contributed by atoms with van der Waals surface area (Å²) in [5.41, 5.74) is 8.64. The van der Waals surface area contributed by atoms with Gasteiger partial charge >= 0.3 is 0 Å². The third-order valence-corrected chi connectivity index (χ3v) is 4.85. The number of rotatable bonds is 4. The van der Waals surface area contributed by atoms with Crippen molar-refractivity contribution >= 4 is 23.4 Å². The maximum absolute atomic E-state index is 12.3. The van der Waals surface area contributed by atoms with Crippen LogP contribution in [-0.4, -0.2) is 11.4 Å². The first-order chi connectivity index (χ1) is 10.5. The second-order valence-corrected chi connectivity index (χ2v) is 6.23. The lowest BCUT2D eigenvalue weighted by molar-refractivity contribution is 0.101. The topological polar surface area (TPSA) is 46.3 Å². The van der Waals surface area contributed by atoms with E-state index in [1.807, 2.05) is 42.5 Å². The molecule has 22 heavy (non-hydrogen) atoms. The van der Waals surface area contributed by atoms with E-state index in [4.69, 9.17) is 17.5 Å². The molecular weight excluding hydrogens is 296 g/mol. The van der Waals surface area contributed by atoms with E-state index < -0.39 is 0 Å². The van der Waals surface area contributed by atoms with Crippen LogP contribution in [0.1, 0.15) is 41.6 Å². The Balaban J connectivity index is 1.74. The number of carbonyl (C=O) groups excluding carboxylic acids is 1. The molecule has 1 fully saturated rings. The number of amides is 1. The minimum absolute atomic E-state index is 0.0535. The Morgan fingerprint density at radius 1 is 1.23 bits per heavy atom. The van der Waals surface area contributed by atoms with E-state index in [-0.39, 0.29) is 11.4 Å². The minimum Gasteiger partial charge on any atom is -0.325 e. The van der Waals surface area contributed by atoms with Crippen LogP contribution >= 0.6 is 11.8 Å². The Kier molecular flexibility index (Phi) is 3.94. The number of nitrogens with two attached hydrogens (primary N) is 1. The van der Waals surface area contributed by atoms with Gasteiger partial charge in [-0.25, -0.2) is 4.42 Å². The maximum atomic E-state index is 12.3. The van der Waals surface area contributed by atoms with Gasteiger partial charge in [0.05, 0.1) is 5.69 Å². The molecule has 2 aromatic carbocycles. The van der Waals surface area contributed by atoms with Crippen LogP contribution in [0.2, 0.25) is 0 Å². The van der Waals surface area contributed by atoms with Gasteiger partial charge < -0.3 is 5.73 Å². The molecule has 2 N–H and O–H groups in total. The molecule has 1 saturated carbocycles. The molecule has 2 unspecified atom stereocenters. The smallest absolute Gasteiger partial charge is 0.272 e. The molecule has 2 atom stereocenters. The average Bonchev–Trinajstić information content (AvgIpc) is 3.27. The fourth-order valence-electron chi connectivity index (χ4n) is 2.81. The van der Waals surface area contributed by atoms with Gasteiger partial charge in [-0.3, -0.25) is 4.79 Å². The summed E-state index contributed by atoms with van der Waals surface area (Å²) in [6.45, 7) is 2.12. The quantitative estimate of drug-likeness (QED) is 0.864. The lowest BCUT2D eigenvalue weighted by Crippen LogP contribution is -2.23. The average molecular weight is 315 g/mol. The van der Waals surface area contributed by atoms with E-state index in [1.165, 1.54) is 5.56 Å². The van der Waals surface area contributed by atoms with Crippen molar-refractivity contribution in [1.29, 1.82) is 0 Å². The van der Waals surface area contributed by atoms with Crippen molar-refractivity contribution in [2.45, 2.75) is 31.2 Å². The Morgan fingerprint density at radius 2 is 1.86 bits per heavy atom. The van der Waals surface area contributed by atoms with Crippen LogP contribution in [0.15, 0.2) is 54.6 Å². The summed E-state index contributed by atoms with van der Waals surface area (Å²) in [6.07, 6.45) is 2.00. The van der Waals surface area contributed by atoms with Gasteiger partial charge in [0.25, 0.3) is 5.91 Å². The van der Waals surface area contributed by atoms with Crippen LogP contribution in [0.3, 0.4) is 0 Å². The van der Waals surface area contributed by atoms with E-state index >= 15 is 0 Å². The predicted octanol–water partition coefficient (Wildman–Crippen LogP) is 4.08. The standard InChI is InChI=1S/C18H19ClN2O/c1-2-18(20)12-16(18)13-8-10-15(11-9-13)21(19)17(22)14-6-4-3-5-7-14/h3-11,16H,2,12,20H2,1H3. The molecule has 1 aliphatic rings. The molecule has 3 rings (SSSR count). The molecule has 1 aliphatic carbocycles. The van der Waals surface area contributed by atoms with Crippen LogP contribution < -0.4 is 10.2 Å². The zero-order valence-electron chi connectivity index (χ0n) is 12.5. The van der Waals surface area contributed by atoms with Gasteiger partial charge in [0.15, 0.2) is 0 Å². The van der Waals surface area contributed by atoms with Gasteiger partial charge in [-0.1, -0.05) is 37.3 Å². The Hall–Kier alpha value is -1.84. The number of hydrogen-bond donors (Lipinski definition) is 1. The molecule has 0 radical (unpaired) electrons. The van der Waals surface area contributed by atoms with Crippen LogP contribution in [0.4, 0.5) is 5.69 Å². The van der Waals surface area contributed by atoms with Gasteiger partial charge in [-0.05, 0) is 42.7 Å². The van der Waals surface area contributed by atoms with Crippen LogP contribution in [0, 0.1) is 0 Å². The number of anilines is 1. The maximum Gasteiger partial charge on any atom is 0.272 e. The summed E-state index contributed by atoms with van der Waals surface area (Å²) in [5.74, 6) is 0.184. The molecule has 4 heteroatoms. The Bertz CT molecular complexity index is 671. The van der Waals surface area contributed by atoms with Crippen molar-refractivity contribution in [3.8, 4) is 0 Å². The molecule has 0 bridgehead atoms. The highest BCUT2D eigenvalue weighted by Crippen LogP contribution is 2.51. The summed E-state index contributed by atoms with van der Waals surface area (Å²) in [4.78, 5) is 12.3. The first-order valence-corrected chi connectivity index (χ1v) is 7.83. The van der Waals surface area contributed by atoms with Crippen LogP contribution in [-0.2, 0) is 0 Å². The molecule has 0 heterocycles. The summed E-state index contributed by atoms with van der Waals surface area (Å²) >= 11 is 6.18. The zero-order valence-corrected chi connectivity index (χ0v) is 13.3. The zero-order chi connectivity index (χ0) is 15.7. The highest BCUT2D eigenvalue weighted by Gasteiger charge is 2.49. The number of benzene rings is 2. The predicted molar refractivity (Wildman–Crippen MR) is 90.1 cm³/mol. The number of halogens is 1. The lowest BCUT2D eigenvalue weighted by Gasteiger charge is -2.15. The van der Waals surface area contributed by atoms with Gasteiger partial charge in [0.2, 0.25) is 0 Å². The fraction of sp³-hybridized carbons (Fsp3) is 0.278. The summed E-state index contributed by atoms with van der Waals surface area (Å²) in [5, 5.41) is 0. The highest BCUT2D eigenvalue weighted by molar-refractivity contribution is 6.39. The first kappa shape index (κ1) is 15.1. The second-order valence-electron chi connectivity index (χ2n) is 5.89. The molecule has 0 saturated heterocycles. The van der Waals surface area contributed by atoms with Gasteiger partial charge in [0, 0.05) is 28.8 Å². The first-order valence-electron chi connectivity index (χ1n) is 7.49.